The van der Waals surface area contributed by atoms with Gasteiger partial charge in [-0.15, -0.1) is 4.91 Å². The van der Waals surface area contributed by atoms with E-state index in [0.717, 1.165) is 10.2 Å². The number of nitroso groups, excluding NO2 is 1. The Labute approximate surface area is 101 Å². The molecule has 0 saturated heterocycles. The van der Waals surface area contributed by atoms with Crippen LogP contribution in [0, 0.1) is 4.91 Å². The predicted octanol–water partition coefficient (Wildman–Crippen LogP) is -0.606. The first-order chi connectivity index (χ1) is 5.90. The maximum absolute atomic E-state index is 9.86. The van der Waals surface area contributed by atoms with Gasteiger partial charge in [0, 0.05) is 0 Å². The van der Waals surface area contributed by atoms with E-state index in [9.17, 15) is 4.91 Å². The number of benzene rings is 1. The number of thiazole rings is 1. The predicted molar refractivity (Wildman–Crippen MR) is 49.0 cm³/mol. The van der Waals surface area contributed by atoms with Gasteiger partial charge in [-0.05, 0) is 12.1 Å². The first-order valence-corrected chi connectivity index (χ1v) is 4.16. The minimum absolute atomic E-state index is 0. The van der Waals surface area contributed by atoms with Crippen LogP contribution >= 0.6 is 11.3 Å². The van der Waals surface area contributed by atoms with Gasteiger partial charge in [-0.1, -0.05) is 23.5 Å². The van der Waals surface area contributed by atoms with Gasteiger partial charge in [0.15, 0.2) is 0 Å². The first-order valence-electron chi connectivity index (χ1n) is 3.34. The van der Waals surface area contributed by atoms with E-state index in [4.69, 9.17) is 0 Å². The van der Waals surface area contributed by atoms with Crippen LogP contribution in [0.3, 0.4) is 0 Å². The Hall–Kier alpha value is -0.490. The molecule has 0 bridgehead atoms. The standard InChI is InChI=1S/C7H5N3OS.Na/c11-10-9-7-8-5-3-1-2-4-6(5)12-7;/h1-4H,(H,8,9,11);/q;+1. The zero-order chi connectivity index (χ0) is 8.39. The van der Waals surface area contributed by atoms with E-state index in [1.165, 1.54) is 11.3 Å². The molecule has 1 N–H and O–H groups in total. The van der Waals surface area contributed by atoms with Crippen molar-refractivity contribution in [3.05, 3.63) is 29.2 Å². The Morgan fingerprint density at radius 3 is 2.85 bits per heavy atom. The molecule has 13 heavy (non-hydrogen) atoms. The normalized spacial score (nSPS) is 9.23. The van der Waals surface area contributed by atoms with E-state index in [0.29, 0.717) is 5.13 Å². The molecule has 0 fully saturated rings. The van der Waals surface area contributed by atoms with Gasteiger partial charge >= 0.3 is 29.6 Å². The third-order valence-corrected chi connectivity index (χ3v) is 2.38. The average Bonchev–Trinajstić information content (AvgIpc) is 2.47. The minimum atomic E-state index is 0. The van der Waals surface area contributed by atoms with E-state index < -0.39 is 0 Å². The van der Waals surface area contributed by atoms with Gasteiger partial charge in [0.2, 0.25) is 5.13 Å². The van der Waals surface area contributed by atoms with Crippen LogP contribution in [0.5, 0.6) is 0 Å². The number of anilines is 1. The Morgan fingerprint density at radius 1 is 1.38 bits per heavy atom. The second-order valence-electron chi connectivity index (χ2n) is 2.19. The molecule has 4 nitrogen and oxygen atoms in total. The van der Waals surface area contributed by atoms with Crippen LogP contribution in [0.2, 0.25) is 0 Å². The zero-order valence-corrected chi connectivity index (χ0v) is 9.84. The Balaban J connectivity index is 0.000000845. The molecule has 2 aromatic rings. The smallest absolute Gasteiger partial charge is 0.219 e. The monoisotopic (exact) mass is 202 g/mol. The molecular weight excluding hydrogens is 197 g/mol. The third kappa shape index (κ3) is 2.25. The number of nitrogens with zero attached hydrogens (tertiary/aromatic N) is 2. The summed E-state index contributed by atoms with van der Waals surface area (Å²) in [6.07, 6.45) is 0. The van der Waals surface area contributed by atoms with Crippen LogP contribution in [0.4, 0.5) is 5.13 Å². The van der Waals surface area contributed by atoms with Crippen molar-refractivity contribution in [2.24, 2.45) is 5.29 Å². The molecule has 0 aliphatic heterocycles. The van der Waals surface area contributed by atoms with E-state index >= 15 is 0 Å². The van der Waals surface area contributed by atoms with E-state index in [2.05, 4.69) is 15.7 Å². The quantitative estimate of drug-likeness (QED) is 0.401. The van der Waals surface area contributed by atoms with Gasteiger partial charge in [-0.3, -0.25) is 0 Å². The Kier molecular flexibility index (Phi) is 3.80. The number of aromatic nitrogens is 1. The fraction of sp³-hybridized carbons (Fsp3) is 0. The summed E-state index contributed by atoms with van der Waals surface area (Å²) >= 11 is 1.41. The molecule has 60 valence electrons. The molecule has 0 aliphatic rings. The molecular formula is C7H5N3NaOS+. The summed E-state index contributed by atoms with van der Waals surface area (Å²) < 4.78 is 1.05. The molecule has 2 rings (SSSR count). The summed E-state index contributed by atoms with van der Waals surface area (Å²) in [6.45, 7) is 0. The van der Waals surface area contributed by atoms with Gasteiger partial charge in [0.25, 0.3) is 0 Å². The van der Waals surface area contributed by atoms with Crippen molar-refractivity contribution in [3.8, 4) is 0 Å². The van der Waals surface area contributed by atoms with Gasteiger partial charge in [-0.25, -0.2) is 10.4 Å². The molecule has 0 spiro atoms. The molecule has 0 radical (unpaired) electrons. The second-order valence-corrected chi connectivity index (χ2v) is 3.22. The van der Waals surface area contributed by atoms with Crippen LogP contribution in [0.1, 0.15) is 0 Å². The zero-order valence-electron chi connectivity index (χ0n) is 7.02. The number of hydrogen-bond acceptors (Lipinski definition) is 4. The Bertz CT molecular complexity index is 384. The maximum Gasteiger partial charge on any atom is 1.00 e. The first kappa shape index (κ1) is 10.6. The summed E-state index contributed by atoms with van der Waals surface area (Å²) in [4.78, 5) is 14.0. The largest absolute Gasteiger partial charge is 1.00 e. The number of hydrogen-bond donors (Lipinski definition) is 1. The van der Waals surface area contributed by atoms with E-state index in [1.807, 2.05) is 24.3 Å². The number of nitrogens with one attached hydrogen (secondary N) is 1. The fourth-order valence-electron chi connectivity index (χ4n) is 0.959. The molecule has 0 unspecified atom stereocenters. The van der Waals surface area contributed by atoms with Crippen molar-refractivity contribution in [1.29, 1.82) is 0 Å². The van der Waals surface area contributed by atoms with Gasteiger partial charge in [0.1, 0.15) is 0 Å². The summed E-state index contributed by atoms with van der Waals surface area (Å²) in [5, 5.41) is 3.08. The fourth-order valence-corrected chi connectivity index (χ4v) is 1.76. The van der Waals surface area contributed by atoms with Crippen molar-refractivity contribution in [2.45, 2.75) is 0 Å². The van der Waals surface area contributed by atoms with Crippen molar-refractivity contribution in [3.63, 3.8) is 0 Å². The average molecular weight is 202 g/mol. The summed E-state index contributed by atoms with van der Waals surface area (Å²) in [7, 11) is 0. The molecule has 1 aromatic carbocycles. The van der Waals surface area contributed by atoms with Crippen LogP contribution in [0.25, 0.3) is 10.2 Å². The van der Waals surface area contributed by atoms with Gasteiger partial charge in [0.05, 0.1) is 15.5 Å². The number of fused-ring (bicyclic) bond motifs is 1. The maximum atomic E-state index is 9.86. The molecule has 0 saturated carbocycles. The molecule has 0 aliphatic carbocycles. The molecule has 1 aromatic heterocycles. The summed E-state index contributed by atoms with van der Waals surface area (Å²) in [5.74, 6) is 0. The van der Waals surface area contributed by atoms with E-state index in [-0.39, 0.29) is 29.6 Å². The van der Waals surface area contributed by atoms with Crippen LogP contribution in [-0.4, -0.2) is 4.98 Å². The topological polar surface area (TPSA) is 54.4 Å². The molecule has 0 amide bonds. The third-order valence-electron chi connectivity index (χ3n) is 1.44. The number of para-hydroxylation sites is 1. The van der Waals surface area contributed by atoms with Crippen molar-refractivity contribution < 1.29 is 29.6 Å². The SMILES string of the molecule is O=NNc1nc2ccccc2s1.[Na+]. The summed E-state index contributed by atoms with van der Waals surface area (Å²) in [5.41, 5.74) is 3.16. The second kappa shape index (κ2) is 4.66. The van der Waals surface area contributed by atoms with Crippen molar-refractivity contribution in [2.75, 3.05) is 5.43 Å². The van der Waals surface area contributed by atoms with Crippen molar-refractivity contribution in [1.82, 2.24) is 4.98 Å². The molecule has 0 atom stereocenters. The van der Waals surface area contributed by atoms with Crippen LogP contribution in [-0.2, 0) is 0 Å². The number of rotatable bonds is 2. The Morgan fingerprint density at radius 2 is 2.15 bits per heavy atom. The van der Waals surface area contributed by atoms with Crippen LogP contribution in [0.15, 0.2) is 29.6 Å². The van der Waals surface area contributed by atoms with Gasteiger partial charge in [-0.2, -0.15) is 0 Å². The van der Waals surface area contributed by atoms with Gasteiger partial charge < -0.3 is 0 Å². The summed E-state index contributed by atoms with van der Waals surface area (Å²) in [6, 6.07) is 7.67. The molecule has 6 heteroatoms. The van der Waals surface area contributed by atoms with Crippen molar-refractivity contribution >= 4 is 26.7 Å². The molecule has 1 heterocycles. The van der Waals surface area contributed by atoms with Crippen LogP contribution < -0.4 is 35.0 Å². The minimum Gasteiger partial charge on any atom is -0.219 e. The van der Waals surface area contributed by atoms with E-state index in [1.54, 1.807) is 0 Å².